The van der Waals surface area contributed by atoms with E-state index in [0.717, 1.165) is 12.0 Å². The van der Waals surface area contributed by atoms with Crippen molar-refractivity contribution < 1.29 is 24.0 Å². The van der Waals surface area contributed by atoms with Gasteiger partial charge in [-0.3, -0.25) is 10.1 Å². The van der Waals surface area contributed by atoms with Gasteiger partial charge in [0.05, 0.1) is 35.7 Å². The minimum Gasteiger partial charge on any atom is -0.466 e. The Hall–Kier alpha value is -4.20. The first-order valence-corrected chi connectivity index (χ1v) is 11.2. The quantitative estimate of drug-likeness (QED) is 0.234. The number of rotatable bonds is 9. The van der Waals surface area contributed by atoms with Crippen LogP contribution >= 0.6 is 0 Å². The molecule has 1 heterocycles. The van der Waals surface area contributed by atoms with Crippen LogP contribution < -0.4 is 5.32 Å². The number of nitro benzene ring substituents is 1. The summed E-state index contributed by atoms with van der Waals surface area (Å²) in [6, 6.07) is 15.8. The van der Waals surface area contributed by atoms with Gasteiger partial charge in [-0.2, -0.15) is 0 Å². The monoisotopic (exact) mass is 476 g/mol. The molecule has 0 spiro atoms. The number of benzene rings is 2. The Balaban J connectivity index is 1.79. The maximum atomic E-state index is 13.2. The summed E-state index contributed by atoms with van der Waals surface area (Å²) in [5, 5.41) is 14.4. The van der Waals surface area contributed by atoms with E-state index in [4.69, 9.17) is 9.47 Å². The van der Waals surface area contributed by atoms with Gasteiger partial charge in [0.25, 0.3) is 5.69 Å². The van der Waals surface area contributed by atoms with Gasteiger partial charge in [-0.1, -0.05) is 54.6 Å². The summed E-state index contributed by atoms with van der Waals surface area (Å²) >= 11 is 0. The number of allylic oxidation sites excluding steroid dienone is 3. The van der Waals surface area contributed by atoms with Crippen molar-refractivity contribution in [2.45, 2.75) is 32.6 Å². The fourth-order valence-corrected chi connectivity index (χ4v) is 4.02. The Morgan fingerprint density at radius 1 is 1.03 bits per heavy atom. The summed E-state index contributed by atoms with van der Waals surface area (Å²) in [5.74, 6) is -2.09. The van der Waals surface area contributed by atoms with Crippen LogP contribution in [0.3, 0.4) is 0 Å². The number of nitrogens with zero attached hydrogens (tertiary/aromatic N) is 1. The van der Waals surface area contributed by atoms with Gasteiger partial charge in [-0.25, -0.2) is 9.59 Å². The molecule has 35 heavy (non-hydrogen) atoms. The fourth-order valence-electron chi connectivity index (χ4n) is 4.02. The predicted molar refractivity (Wildman–Crippen MR) is 132 cm³/mol. The van der Waals surface area contributed by atoms with Crippen molar-refractivity contribution in [2.75, 3.05) is 13.7 Å². The molecular formula is C27H28N2O6. The molecule has 0 amide bonds. The third-order valence-corrected chi connectivity index (χ3v) is 5.66. The Morgan fingerprint density at radius 3 is 2.37 bits per heavy atom. The number of esters is 2. The van der Waals surface area contributed by atoms with Gasteiger partial charge < -0.3 is 14.8 Å². The zero-order valence-electron chi connectivity index (χ0n) is 19.9. The second-order valence-electron chi connectivity index (χ2n) is 8.07. The number of carbonyl (C=O) groups excluding carboxylic acids is 2. The standard InChI is InChI=1S/C27H28N2O6/c1-18-23(26(30)34-3)25(21-14-10-15-22(17-21)29(32)33)24(19(2)28-18)27(31)35-16-9-5-8-13-20-11-6-4-7-12-20/h4,6-8,10-15,17,25,28H,5,9,16H2,1-3H3. The number of hydrogen-bond acceptors (Lipinski definition) is 7. The molecule has 182 valence electrons. The van der Waals surface area contributed by atoms with Crippen LogP contribution in [0.2, 0.25) is 0 Å². The number of nitrogens with one attached hydrogen (secondary N) is 1. The van der Waals surface area contributed by atoms with Gasteiger partial charge in [0.2, 0.25) is 0 Å². The summed E-state index contributed by atoms with van der Waals surface area (Å²) in [6.45, 7) is 3.59. The van der Waals surface area contributed by atoms with Crippen molar-refractivity contribution in [3.63, 3.8) is 0 Å². The lowest BCUT2D eigenvalue weighted by Gasteiger charge is -2.30. The Morgan fingerprint density at radius 2 is 1.71 bits per heavy atom. The summed E-state index contributed by atoms with van der Waals surface area (Å²) in [5.41, 5.74) is 2.83. The first-order valence-electron chi connectivity index (χ1n) is 11.2. The summed E-state index contributed by atoms with van der Waals surface area (Å²) in [6.07, 6.45) is 5.37. The molecule has 2 aromatic carbocycles. The van der Waals surface area contributed by atoms with Crippen molar-refractivity contribution in [3.8, 4) is 0 Å². The van der Waals surface area contributed by atoms with E-state index in [-0.39, 0.29) is 23.4 Å². The number of hydrogen-bond donors (Lipinski definition) is 1. The zero-order chi connectivity index (χ0) is 25.4. The number of non-ortho nitro benzene ring substituents is 1. The van der Waals surface area contributed by atoms with Crippen molar-refractivity contribution in [1.82, 2.24) is 5.32 Å². The van der Waals surface area contributed by atoms with E-state index in [1.54, 1.807) is 19.9 Å². The largest absolute Gasteiger partial charge is 0.466 e. The lowest BCUT2D eigenvalue weighted by atomic mass is 9.80. The zero-order valence-corrected chi connectivity index (χ0v) is 19.9. The number of nitro groups is 1. The molecule has 0 saturated heterocycles. The molecular weight excluding hydrogens is 448 g/mol. The van der Waals surface area contributed by atoms with E-state index in [0.29, 0.717) is 23.4 Å². The highest BCUT2D eigenvalue weighted by atomic mass is 16.6. The van der Waals surface area contributed by atoms with Crippen LogP contribution in [-0.4, -0.2) is 30.6 Å². The Labute approximate surface area is 204 Å². The van der Waals surface area contributed by atoms with Crippen molar-refractivity contribution >= 4 is 23.7 Å². The molecule has 0 bridgehead atoms. The molecule has 2 aromatic rings. The minimum atomic E-state index is -0.867. The molecule has 1 aliphatic heterocycles. The molecule has 3 rings (SSSR count). The third kappa shape index (κ3) is 6.23. The van der Waals surface area contributed by atoms with E-state index >= 15 is 0 Å². The smallest absolute Gasteiger partial charge is 0.336 e. The van der Waals surface area contributed by atoms with Gasteiger partial charge in [-0.15, -0.1) is 0 Å². The highest BCUT2D eigenvalue weighted by molar-refractivity contribution is 5.99. The van der Waals surface area contributed by atoms with Gasteiger partial charge >= 0.3 is 11.9 Å². The number of dihydropyridines is 1. The number of methoxy groups -OCH3 is 1. The summed E-state index contributed by atoms with van der Waals surface area (Å²) in [4.78, 5) is 36.7. The summed E-state index contributed by atoms with van der Waals surface area (Å²) in [7, 11) is 1.25. The van der Waals surface area contributed by atoms with Gasteiger partial charge in [0, 0.05) is 23.5 Å². The second kappa shape index (κ2) is 11.8. The Bertz CT molecular complexity index is 1200. The molecule has 1 atom stereocenters. The highest BCUT2D eigenvalue weighted by Crippen LogP contribution is 2.40. The van der Waals surface area contributed by atoms with E-state index in [9.17, 15) is 19.7 Å². The maximum absolute atomic E-state index is 13.2. The first kappa shape index (κ1) is 25.4. The molecule has 0 radical (unpaired) electrons. The molecule has 0 aromatic heterocycles. The maximum Gasteiger partial charge on any atom is 0.336 e. The molecule has 1 unspecified atom stereocenters. The topological polar surface area (TPSA) is 108 Å². The molecule has 8 heteroatoms. The van der Waals surface area contributed by atoms with Crippen LogP contribution in [0.4, 0.5) is 5.69 Å². The van der Waals surface area contributed by atoms with Crippen molar-refractivity contribution in [2.24, 2.45) is 0 Å². The summed E-state index contributed by atoms with van der Waals surface area (Å²) < 4.78 is 10.5. The van der Waals surface area contributed by atoms with Crippen LogP contribution in [0.25, 0.3) is 6.08 Å². The van der Waals surface area contributed by atoms with Crippen LogP contribution in [0.15, 0.2) is 83.2 Å². The SMILES string of the molecule is COC(=O)C1=C(C)NC(C)=C(C(=O)OCCCC=Cc2ccccc2)C1c1cccc([N+](=O)[O-])c1. The van der Waals surface area contributed by atoms with E-state index in [1.165, 1.54) is 25.3 Å². The minimum absolute atomic E-state index is 0.140. The lowest BCUT2D eigenvalue weighted by Crippen LogP contribution is -2.32. The molecule has 0 saturated carbocycles. The van der Waals surface area contributed by atoms with Gasteiger partial charge in [0.15, 0.2) is 0 Å². The lowest BCUT2D eigenvalue weighted by molar-refractivity contribution is -0.384. The molecule has 1 aliphatic rings. The highest BCUT2D eigenvalue weighted by Gasteiger charge is 2.38. The molecule has 8 nitrogen and oxygen atoms in total. The second-order valence-corrected chi connectivity index (χ2v) is 8.07. The van der Waals surface area contributed by atoms with Crippen LogP contribution in [0.1, 0.15) is 43.7 Å². The third-order valence-electron chi connectivity index (χ3n) is 5.66. The van der Waals surface area contributed by atoms with Crippen LogP contribution in [0, 0.1) is 10.1 Å². The van der Waals surface area contributed by atoms with E-state index < -0.39 is 22.8 Å². The molecule has 0 fully saturated rings. The predicted octanol–water partition coefficient (Wildman–Crippen LogP) is 5.04. The first-order chi connectivity index (χ1) is 16.8. The normalized spacial score (nSPS) is 15.7. The van der Waals surface area contributed by atoms with Gasteiger partial charge in [0.1, 0.15) is 0 Å². The Kier molecular flexibility index (Phi) is 8.56. The number of unbranched alkanes of at least 4 members (excludes halogenated alkanes) is 1. The number of ether oxygens (including phenoxy) is 2. The van der Waals surface area contributed by atoms with Crippen LogP contribution in [-0.2, 0) is 19.1 Å². The number of carbonyl (C=O) groups is 2. The van der Waals surface area contributed by atoms with Gasteiger partial charge in [-0.05, 0) is 37.8 Å². The molecule has 0 aliphatic carbocycles. The van der Waals surface area contributed by atoms with E-state index in [2.05, 4.69) is 5.32 Å². The molecule has 1 N–H and O–H groups in total. The average Bonchev–Trinajstić information content (AvgIpc) is 2.85. The van der Waals surface area contributed by atoms with Crippen molar-refractivity contribution in [3.05, 3.63) is 104 Å². The van der Waals surface area contributed by atoms with E-state index in [1.807, 2.05) is 42.5 Å². The average molecular weight is 477 g/mol. The van der Waals surface area contributed by atoms with Crippen LogP contribution in [0.5, 0.6) is 0 Å². The fraction of sp³-hybridized carbons (Fsp3) is 0.259. The van der Waals surface area contributed by atoms with Crippen molar-refractivity contribution in [1.29, 1.82) is 0 Å².